The SMILES string of the molecule is CNCc1ccc(C)c(-c2ccc(N(C)C)cc2)c1. The van der Waals surface area contributed by atoms with Crippen LogP contribution in [0.5, 0.6) is 0 Å². The van der Waals surface area contributed by atoms with E-state index in [1.54, 1.807) is 0 Å². The zero-order chi connectivity index (χ0) is 13.8. The van der Waals surface area contributed by atoms with Gasteiger partial charge in [0.1, 0.15) is 0 Å². The molecule has 0 amide bonds. The van der Waals surface area contributed by atoms with E-state index in [0.717, 1.165) is 6.54 Å². The maximum Gasteiger partial charge on any atom is 0.0361 e. The average Bonchev–Trinajstić information content (AvgIpc) is 2.41. The molecule has 0 spiro atoms. The highest BCUT2D eigenvalue weighted by molar-refractivity contribution is 5.70. The molecule has 0 saturated carbocycles. The largest absolute Gasteiger partial charge is 0.378 e. The maximum absolute atomic E-state index is 3.20. The zero-order valence-electron chi connectivity index (χ0n) is 12.2. The summed E-state index contributed by atoms with van der Waals surface area (Å²) in [6.45, 7) is 3.07. The third-order valence-corrected chi connectivity index (χ3v) is 3.38. The molecule has 0 bridgehead atoms. The van der Waals surface area contributed by atoms with Crippen molar-refractivity contribution in [2.75, 3.05) is 26.0 Å². The summed E-state index contributed by atoms with van der Waals surface area (Å²) < 4.78 is 0. The van der Waals surface area contributed by atoms with Crippen molar-refractivity contribution in [1.29, 1.82) is 0 Å². The van der Waals surface area contributed by atoms with Crippen LogP contribution in [0.1, 0.15) is 11.1 Å². The summed E-state index contributed by atoms with van der Waals surface area (Å²) in [6.07, 6.45) is 0. The highest BCUT2D eigenvalue weighted by Gasteiger charge is 2.04. The first-order valence-corrected chi connectivity index (χ1v) is 6.63. The van der Waals surface area contributed by atoms with E-state index in [1.165, 1.54) is 27.9 Å². The lowest BCUT2D eigenvalue weighted by atomic mass is 9.98. The second-order valence-electron chi connectivity index (χ2n) is 5.12. The first kappa shape index (κ1) is 13.6. The monoisotopic (exact) mass is 254 g/mol. The third kappa shape index (κ3) is 3.15. The molecule has 2 aromatic carbocycles. The van der Waals surface area contributed by atoms with E-state index >= 15 is 0 Å². The summed E-state index contributed by atoms with van der Waals surface area (Å²) in [5, 5.41) is 3.20. The first-order chi connectivity index (χ1) is 9.11. The van der Waals surface area contributed by atoms with Gasteiger partial charge in [-0.15, -0.1) is 0 Å². The highest BCUT2D eigenvalue weighted by Crippen LogP contribution is 2.26. The van der Waals surface area contributed by atoms with Crippen molar-refractivity contribution in [2.24, 2.45) is 0 Å². The molecule has 2 rings (SSSR count). The minimum absolute atomic E-state index is 0.906. The normalized spacial score (nSPS) is 10.5. The van der Waals surface area contributed by atoms with Crippen molar-refractivity contribution in [3.63, 3.8) is 0 Å². The predicted octanol–water partition coefficient (Wildman–Crippen LogP) is 3.45. The van der Waals surface area contributed by atoms with E-state index in [1.807, 2.05) is 7.05 Å². The number of anilines is 1. The second-order valence-corrected chi connectivity index (χ2v) is 5.12. The molecule has 19 heavy (non-hydrogen) atoms. The first-order valence-electron chi connectivity index (χ1n) is 6.63. The van der Waals surface area contributed by atoms with Gasteiger partial charge >= 0.3 is 0 Å². The van der Waals surface area contributed by atoms with Gasteiger partial charge in [0.2, 0.25) is 0 Å². The minimum atomic E-state index is 0.906. The number of nitrogens with one attached hydrogen (secondary N) is 1. The average molecular weight is 254 g/mol. The van der Waals surface area contributed by atoms with E-state index in [4.69, 9.17) is 0 Å². The Hall–Kier alpha value is -1.80. The molecule has 1 N–H and O–H groups in total. The Morgan fingerprint density at radius 3 is 2.26 bits per heavy atom. The van der Waals surface area contributed by atoms with Crippen molar-refractivity contribution < 1.29 is 0 Å². The van der Waals surface area contributed by atoms with Gasteiger partial charge < -0.3 is 10.2 Å². The number of rotatable bonds is 4. The van der Waals surface area contributed by atoms with Crippen LogP contribution in [-0.2, 0) is 6.54 Å². The van der Waals surface area contributed by atoms with Crippen molar-refractivity contribution in [3.8, 4) is 11.1 Å². The van der Waals surface area contributed by atoms with Gasteiger partial charge in [0.05, 0.1) is 0 Å². The second kappa shape index (κ2) is 5.89. The quantitative estimate of drug-likeness (QED) is 0.899. The Balaban J connectivity index is 2.37. The molecule has 2 aromatic rings. The molecule has 0 aromatic heterocycles. The smallest absolute Gasteiger partial charge is 0.0361 e. The van der Waals surface area contributed by atoms with Gasteiger partial charge in [0.15, 0.2) is 0 Å². The summed E-state index contributed by atoms with van der Waals surface area (Å²) in [5.41, 5.74) is 6.46. The molecular formula is C17H22N2. The van der Waals surface area contributed by atoms with Crippen LogP contribution in [0.25, 0.3) is 11.1 Å². The third-order valence-electron chi connectivity index (χ3n) is 3.38. The molecule has 0 aliphatic rings. The lowest BCUT2D eigenvalue weighted by Crippen LogP contribution is -2.08. The Morgan fingerprint density at radius 1 is 1.00 bits per heavy atom. The van der Waals surface area contributed by atoms with Gasteiger partial charge in [-0.25, -0.2) is 0 Å². The van der Waals surface area contributed by atoms with Crippen molar-refractivity contribution >= 4 is 5.69 Å². The molecule has 2 nitrogen and oxygen atoms in total. The van der Waals surface area contributed by atoms with Crippen LogP contribution in [0.15, 0.2) is 42.5 Å². The highest BCUT2D eigenvalue weighted by atomic mass is 15.1. The minimum Gasteiger partial charge on any atom is -0.378 e. The number of aryl methyl sites for hydroxylation is 1. The number of hydrogen-bond donors (Lipinski definition) is 1. The van der Waals surface area contributed by atoms with Crippen LogP contribution in [0, 0.1) is 6.92 Å². The van der Waals surface area contributed by atoms with E-state index in [-0.39, 0.29) is 0 Å². The van der Waals surface area contributed by atoms with Crippen LogP contribution in [0.3, 0.4) is 0 Å². The van der Waals surface area contributed by atoms with Gasteiger partial charge in [-0.05, 0) is 54.4 Å². The topological polar surface area (TPSA) is 15.3 Å². The van der Waals surface area contributed by atoms with Crippen LogP contribution in [-0.4, -0.2) is 21.1 Å². The Kier molecular flexibility index (Phi) is 4.23. The fourth-order valence-corrected chi connectivity index (χ4v) is 2.23. The molecule has 100 valence electrons. The van der Waals surface area contributed by atoms with Gasteiger partial charge in [-0.3, -0.25) is 0 Å². The molecule has 0 saturated heterocycles. The summed E-state index contributed by atoms with van der Waals surface area (Å²) in [4.78, 5) is 2.12. The molecule has 0 fully saturated rings. The summed E-state index contributed by atoms with van der Waals surface area (Å²) in [7, 11) is 6.10. The number of nitrogens with zero attached hydrogens (tertiary/aromatic N) is 1. The summed E-state index contributed by atoms with van der Waals surface area (Å²) in [5.74, 6) is 0. The number of benzene rings is 2. The summed E-state index contributed by atoms with van der Waals surface area (Å²) in [6, 6.07) is 15.4. The lowest BCUT2D eigenvalue weighted by molar-refractivity contribution is 0.818. The Morgan fingerprint density at radius 2 is 1.68 bits per heavy atom. The Bertz CT molecular complexity index is 542. The molecule has 2 heteroatoms. The van der Waals surface area contributed by atoms with Gasteiger partial charge in [0.25, 0.3) is 0 Å². The fraction of sp³-hybridized carbons (Fsp3) is 0.294. The molecule has 0 atom stereocenters. The van der Waals surface area contributed by atoms with Crippen LogP contribution < -0.4 is 10.2 Å². The fourth-order valence-electron chi connectivity index (χ4n) is 2.23. The maximum atomic E-state index is 3.20. The molecule has 0 radical (unpaired) electrons. The van der Waals surface area contributed by atoms with Crippen LogP contribution in [0.4, 0.5) is 5.69 Å². The van der Waals surface area contributed by atoms with Gasteiger partial charge in [-0.2, -0.15) is 0 Å². The Labute approximate surface area is 116 Å². The van der Waals surface area contributed by atoms with E-state index in [2.05, 4.69) is 73.7 Å². The number of hydrogen-bond acceptors (Lipinski definition) is 2. The zero-order valence-corrected chi connectivity index (χ0v) is 12.2. The molecule has 0 heterocycles. The summed E-state index contributed by atoms with van der Waals surface area (Å²) >= 11 is 0. The van der Waals surface area contributed by atoms with E-state index in [9.17, 15) is 0 Å². The molecule has 0 unspecified atom stereocenters. The van der Waals surface area contributed by atoms with E-state index in [0.29, 0.717) is 0 Å². The standard InChI is InChI=1S/C17H22N2/c1-13-5-6-14(12-18-2)11-17(13)15-7-9-16(10-8-15)19(3)4/h5-11,18H,12H2,1-4H3. The van der Waals surface area contributed by atoms with Crippen molar-refractivity contribution in [1.82, 2.24) is 5.32 Å². The molecule has 0 aliphatic heterocycles. The van der Waals surface area contributed by atoms with E-state index < -0.39 is 0 Å². The molecule has 0 aliphatic carbocycles. The molecular weight excluding hydrogens is 232 g/mol. The van der Waals surface area contributed by atoms with Crippen LogP contribution >= 0.6 is 0 Å². The predicted molar refractivity (Wildman–Crippen MR) is 83.7 cm³/mol. The van der Waals surface area contributed by atoms with Gasteiger partial charge in [0, 0.05) is 26.3 Å². The van der Waals surface area contributed by atoms with Crippen molar-refractivity contribution in [3.05, 3.63) is 53.6 Å². The van der Waals surface area contributed by atoms with Crippen molar-refractivity contribution in [2.45, 2.75) is 13.5 Å². The van der Waals surface area contributed by atoms with Crippen LogP contribution in [0.2, 0.25) is 0 Å². The lowest BCUT2D eigenvalue weighted by Gasteiger charge is -2.14. The van der Waals surface area contributed by atoms with Gasteiger partial charge in [-0.1, -0.05) is 24.3 Å².